The molecule has 174 valence electrons. The van der Waals surface area contributed by atoms with E-state index < -0.39 is 0 Å². The number of anilines is 3. The van der Waals surface area contributed by atoms with Gasteiger partial charge in [0.25, 0.3) is 0 Å². The molecule has 36 heavy (non-hydrogen) atoms. The van der Waals surface area contributed by atoms with Gasteiger partial charge in [0.1, 0.15) is 0 Å². The van der Waals surface area contributed by atoms with Crippen LogP contribution in [0, 0.1) is 11.8 Å². The summed E-state index contributed by atoms with van der Waals surface area (Å²) in [7, 11) is 0. The molecule has 0 saturated heterocycles. The van der Waals surface area contributed by atoms with Crippen molar-refractivity contribution in [2.45, 2.75) is 31.1 Å². The standard InChI is InChI=1S/C35H29N/c1-2-11-28(12-3-1)36(29-20-18-25-9-4-5-10-26(25)22-29)33-16-8-15-32-34(33)30-13-6-7-14-31(30)35(32)23-24-17-19-27(35)21-24/h1-16,18,20,22,24,27H,17,19,21,23H2. The van der Waals surface area contributed by atoms with Gasteiger partial charge in [-0.2, -0.15) is 0 Å². The van der Waals surface area contributed by atoms with Crippen LogP contribution in [0.5, 0.6) is 0 Å². The minimum atomic E-state index is 0.191. The zero-order valence-corrected chi connectivity index (χ0v) is 20.4. The van der Waals surface area contributed by atoms with E-state index >= 15 is 0 Å². The molecule has 1 spiro atoms. The van der Waals surface area contributed by atoms with Gasteiger partial charge in [-0.1, -0.05) is 91.3 Å². The average Bonchev–Trinajstić information content (AvgIpc) is 3.63. The largest absolute Gasteiger partial charge is 0.310 e. The lowest BCUT2D eigenvalue weighted by atomic mass is 9.67. The van der Waals surface area contributed by atoms with Crippen LogP contribution in [0.4, 0.5) is 17.1 Å². The van der Waals surface area contributed by atoms with Crippen molar-refractivity contribution in [3.63, 3.8) is 0 Å². The molecule has 1 heteroatoms. The minimum Gasteiger partial charge on any atom is -0.310 e. The Morgan fingerprint density at radius 2 is 1.39 bits per heavy atom. The first-order valence-corrected chi connectivity index (χ1v) is 13.4. The number of hydrogen-bond donors (Lipinski definition) is 0. The fourth-order valence-electron chi connectivity index (χ4n) is 7.93. The van der Waals surface area contributed by atoms with Crippen LogP contribution in [-0.4, -0.2) is 0 Å². The van der Waals surface area contributed by atoms with Gasteiger partial charge in [-0.15, -0.1) is 0 Å². The van der Waals surface area contributed by atoms with Gasteiger partial charge in [-0.25, -0.2) is 0 Å². The molecular weight excluding hydrogens is 434 g/mol. The molecule has 0 aromatic heterocycles. The maximum atomic E-state index is 2.48. The van der Waals surface area contributed by atoms with Crippen molar-refractivity contribution in [3.8, 4) is 11.1 Å². The van der Waals surface area contributed by atoms with Crippen molar-refractivity contribution in [1.29, 1.82) is 0 Å². The van der Waals surface area contributed by atoms with E-state index in [1.807, 2.05) is 0 Å². The SMILES string of the molecule is c1ccc(N(c2ccc3ccccc3c2)c2cccc3c2-c2ccccc2C32CC3CCC2C3)cc1. The number of nitrogens with zero attached hydrogens (tertiary/aromatic N) is 1. The smallest absolute Gasteiger partial charge is 0.0543 e. The molecule has 2 saturated carbocycles. The highest BCUT2D eigenvalue weighted by Crippen LogP contribution is 2.67. The Hall–Kier alpha value is -3.84. The Kier molecular flexibility index (Phi) is 4.29. The Labute approximate surface area is 213 Å². The van der Waals surface area contributed by atoms with Gasteiger partial charge < -0.3 is 4.90 Å². The van der Waals surface area contributed by atoms with Crippen LogP contribution in [0.3, 0.4) is 0 Å². The maximum absolute atomic E-state index is 2.48. The van der Waals surface area contributed by atoms with E-state index in [1.165, 1.54) is 64.6 Å². The summed E-state index contributed by atoms with van der Waals surface area (Å²) >= 11 is 0. The van der Waals surface area contributed by atoms with Crippen molar-refractivity contribution in [2.24, 2.45) is 11.8 Å². The summed E-state index contributed by atoms with van der Waals surface area (Å²) in [5, 5.41) is 2.55. The van der Waals surface area contributed by atoms with Crippen molar-refractivity contribution in [2.75, 3.05) is 4.90 Å². The fraction of sp³-hybridized carbons (Fsp3) is 0.200. The van der Waals surface area contributed by atoms with Crippen molar-refractivity contribution < 1.29 is 0 Å². The molecule has 2 bridgehead atoms. The number of para-hydroxylation sites is 1. The summed E-state index contributed by atoms with van der Waals surface area (Å²) in [5.74, 6) is 1.65. The van der Waals surface area contributed by atoms with Crippen LogP contribution in [0.1, 0.15) is 36.8 Å². The maximum Gasteiger partial charge on any atom is 0.0543 e. The van der Waals surface area contributed by atoms with E-state index in [-0.39, 0.29) is 5.41 Å². The van der Waals surface area contributed by atoms with Crippen molar-refractivity contribution in [3.05, 3.63) is 126 Å². The van der Waals surface area contributed by atoms with Gasteiger partial charge in [-0.3, -0.25) is 0 Å². The molecule has 0 amide bonds. The highest BCUT2D eigenvalue weighted by Gasteiger charge is 2.57. The molecule has 0 heterocycles. The second kappa shape index (κ2) is 7.58. The Morgan fingerprint density at radius 1 is 0.611 bits per heavy atom. The van der Waals surface area contributed by atoms with Crippen LogP contribution in [0.2, 0.25) is 0 Å². The number of fused-ring (bicyclic) bond motifs is 9. The zero-order chi connectivity index (χ0) is 23.7. The summed E-state index contributed by atoms with van der Waals surface area (Å²) in [4.78, 5) is 2.48. The number of benzene rings is 5. The van der Waals surface area contributed by atoms with Gasteiger partial charge in [0.15, 0.2) is 0 Å². The first-order valence-electron chi connectivity index (χ1n) is 13.4. The van der Waals surface area contributed by atoms with E-state index in [1.54, 1.807) is 11.1 Å². The van der Waals surface area contributed by atoms with Gasteiger partial charge in [0, 0.05) is 22.4 Å². The monoisotopic (exact) mass is 463 g/mol. The number of hydrogen-bond acceptors (Lipinski definition) is 1. The van der Waals surface area contributed by atoms with Crippen LogP contribution < -0.4 is 4.90 Å². The Morgan fingerprint density at radius 3 is 2.22 bits per heavy atom. The average molecular weight is 464 g/mol. The molecule has 2 fully saturated rings. The molecule has 0 radical (unpaired) electrons. The van der Waals surface area contributed by atoms with Crippen LogP contribution in [0.15, 0.2) is 115 Å². The lowest BCUT2D eigenvalue weighted by Gasteiger charge is -2.37. The molecule has 0 aliphatic heterocycles. The summed E-state index contributed by atoms with van der Waals surface area (Å²) in [5.41, 5.74) is 9.92. The van der Waals surface area contributed by atoms with E-state index in [0.29, 0.717) is 0 Å². The van der Waals surface area contributed by atoms with Crippen LogP contribution in [-0.2, 0) is 5.41 Å². The van der Waals surface area contributed by atoms with Crippen LogP contribution >= 0.6 is 0 Å². The van der Waals surface area contributed by atoms with E-state index in [4.69, 9.17) is 0 Å². The third-order valence-corrected chi connectivity index (χ3v) is 9.30. The third kappa shape index (κ3) is 2.72. The molecule has 3 atom stereocenters. The molecular formula is C35H29N. The highest BCUT2D eigenvalue weighted by molar-refractivity contribution is 5.97. The van der Waals surface area contributed by atoms with Gasteiger partial charge >= 0.3 is 0 Å². The summed E-state index contributed by atoms with van der Waals surface area (Å²) in [6.45, 7) is 0. The van der Waals surface area contributed by atoms with Crippen molar-refractivity contribution >= 4 is 27.8 Å². The van der Waals surface area contributed by atoms with E-state index in [2.05, 4.69) is 120 Å². The van der Waals surface area contributed by atoms with E-state index in [9.17, 15) is 0 Å². The molecule has 8 rings (SSSR count). The molecule has 5 aromatic carbocycles. The molecule has 0 N–H and O–H groups in total. The van der Waals surface area contributed by atoms with Crippen LogP contribution in [0.25, 0.3) is 21.9 Å². The summed E-state index contributed by atoms with van der Waals surface area (Å²) < 4.78 is 0. The van der Waals surface area contributed by atoms with Crippen molar-refractivity contribution in [1.82, 2.24) is 0 Å². The quantitative estimate of drug-likeness (QED) is 0.257. The highest BCUT2D eigenvalue weighted by atomic mass is 15.1. The topological polar surface area (TPSA) is 3.24 Å². The Balaban J connectivity index is 1.41. The predicted octanol–water partition coefficient (Wildman–Crippen LogP) is 9.40. The second-order valence-corrected chi connectivity index (χ2v) is 11.0. The first kappa shape index (κ1) is 20.4. The molecule has 3 aliphatic rings. The van der Waals surface area contributed by atoms with Gasteiger partial charge in [0.05, 0.1) is 5.69 Å². The predicted molar refractivity (Wildman–Crippen MR) is 150 cm³/mol. The summed E-state index contributed by atoms with van der Waals surface area (Å²) in [6.07, 6.45) is 5.49. The minimum absolute atomic E-state index is 0.191. The molecule has 3 aliphatic carbocycles. The van der Waals surface area contributed by atoms with Gasteiger partial charge in [0.2, 0.25) is 0 Å². The third-order valence-electron chi connectivity index (χ3n) is 9.30. The molecule has 1 nitrogen and oxygen atoms in total. The van der Waals surface area contributed by atoms with Gasteiger partial charge in [-0.05, 0) is 88.9 Å². The van der Waals surface area contributed by atoms with E-state index in [0.717, 1.165) is 11.8 Å². The number of rotatable bonds is 3. The second-order valence-electron chi connectivity index (χ2n) is 11.0. The summed E-state index contributed by atoms with van der Waals surface area (Å²) in [6, 6.07) is 42.8. The molecule has 5 aromatic rings. The lowest BCUT2D eigenvalue weighted by Crippen LogP contribution is -2.31. The fourth-order valence-corrected chi connectivity index (χ4v) is 7.93. The zero-order valence-electron chi connectivity index (χ0n) is 20.4. The first-order chi connectivity index (χ1) is 17.8. The normalized spacial score (nSPS) is 23.2. The lowest BCUT2D eigenvalue weighted by molar-refractivity contribution is 0.327. The Bertz CT molecular complexity index is 1620. The molecule has 3 unspecified atom stereocenters.